The molecular formula is C38H54N4O2S4. The monoisotopic (exact) mass is 726 g/mol. The molecule has 0 spiro atoms. The van der Waals surface area contributed by atoms with Crippen LogP contribution in [0.5, 0.6) is 0 Å². The third-order valence-corrected chi connectivity index (χ3v) is 11.7. The van der Waals surface area contributed by atoms with Crippen LogP contribution in [-0.4, -0.2) is 98.4 Å². The maximum absolute atomic E-state index is 13.4. The van der Waals surface area contributed by atoms with Crippen LogP contribution < -0.4 is 10.0 Å². The number of benzene rings is 1. The highest BCUT2D eigenvalue weighted by atomic mass is 32.2. The predicted octanol–water partition coefficient (Wildman–Crippen LogP) is 7.34. The van der Waals surface area contributed by atoms with Crippen LogP contribution in [0, 0.1) is 0 Å². The summed E-state index contributed by atoms with van der Waals surface area (Å²) in [6.45, 7) is 20.2. The number of nitrogens with zero attached hydrogens (tertiary/aromatic N) is 4. The van der Waals surface area contributed by atoms with Crippen molar-refractivity contribution in [3.8, 4) is 0 Å². The third kappa shape index (κ3) is 10.8. The number of rotatable bonds is 18. The summed E-state index contributed by atoms with van der Waals surface area (Å²) in [5.41, 5.74) is 4.14. The number of allylic oxidation sites excluding steroid dienone is 7. The van der Waals surface area contributed by atoms with Crippen molar-refractivity contribution in [3.63, 3.8) is 0 Å². The molecule has 0 aliphatic heterocycles. The number of ketones is 1. The number of carbonyl (C=O) groups is 1. The van der Waals surface area contributed by atoms with Crippen LogP contribution in [0.1, 0.15) is 72.8 Å². The SMILES string of the molecule is CCCC[N+](CCCC)=C1C=CC(=C2C(=O)C(c3ccc(N(CCSC(=S)N(CC)CC)CCSC(=S)N(CC)CC)cc3)=C2[O-])C=C1. The Bertz CT molecular complexity index is 1360. The van der Waals surface area contributed by atoms with Crippen LogP contribution in [0.3, 0.4) is 0 Å². The third-order valence-electron chi connectivity index (χ3n) is 8.73. The first kappa shape index (κ1) is 40.0. The average Bonchev–Trinajstić information content (AvgIpc) is 3.09. The second-order valence-electron chi connectivity index (χ2n) is 11.8. The molecule has 0 radical (unpaired) electrons. The van der Waals surface area contributed by atoms with Gasteiger partial charge in [-0.3, -0.25) is 4.79 Å². The number of thiocarbonyl (C=S) groups is 2. The molecule has 1 aromatic carbocycles. The molecule has 0 heterocycles. The van der Waals surface area contributed by atoms with Crippen molar-refractivity contribution >= 4 is 79.4 Å². The molecule has 0 saturated carbocycles. The van der Waals surface area contributed by atoms with Crippen LogP contribution in [0.25, 0.3) is 5.57 Å². The van der Waals surface area contributed by atoms with Gasteiger partial charge in [-0.15, -0.1) is 0 Å². The van der Waals surface area contributed by atoms with Crippen molar-refractivity contribution in [1.29, 1.82) is 0 Å². The lowest BCUT2D eigenvalue weighted by Gasteiger charge is -2.32. The van der Waals surface area contributed by atoms with E-state index in [4.69, 9.17) is 24.4 Å². The lowest BCUT2D eigenvalue weighted by molar-refractivity contribution is -0.527. The Morgan fingerprint density at radius 2 is 1.21 bits per heavy atom. The van der Waals surface area contributed by atoms with E-state index in [1.165, 1.54) is 0 Å². The van der Waals surface area contributed by atoms with E-state index in [1.807, 2.05) is 36.4 Å². The van der Waals surface area contributed by atoms with Crippen LogP contribution in [0.2, 0.25) is 0 Å². The van der Waals surface area contributed by atoms with Gasteiger partial charge in [0.25, 0.3) is 0 Å². The number of Topliss-reactive ketones (excluding diaryl/α,β-unsaturated/α-hetero) is 1. The van der Waals surface area contributed by atoms with Crippen LogP contribution in [0.4, 0.5) is 5.69 Å². The zero-order chi connectivity index (χ0) is 35.1. The smallest absolute Gasteiger partial charge is 0.199 e. The molecule has 1 aromatic rings. The Morgan fingerprint density at radius 3 is 1.62 bits per heavy atom. The first-order valence-corrected chi connectivity index (χ1v) is 20.4. The molecule has 0 unspecified atom stereocenters. The Labute approximate surface area is 309 Å². The lowest BCUT2D eigenvalue weighted by atomic mass is 9.80. The Hall–Kier alpha value is -2.40. The van der Waals surface area contributed by atoms with E-state index < -0.39 is 0 Å². The predicted molar refractivity (Wildman–Crippen MR) is 217 cm³/mol. The molecule has 0 saturated heterocycles. The zero-order valence-corrected chi connectivity index (χ0v) is 33.0. The summed E-state index contributed by atoms with van der Waals surface area (Å²) < 4.78 is 4.26. The normalized spacial score (nSPS) is 14.0. The molecule has 10 heteroatoms. The molecule has 0 atom stereocenters. The van der Waals surface area contributed by atoms with Crippen molar-refractivity contribution < 1.29 is 14.5 Å². The summed E-state index contributed by atoms with van der Waals surface area (Å²) in [6.07, 6.45) is 12.5. The summed E-state index contributed by atoms with van der Waals surface area (Å²) in [6, 6.07) is 7.87. The standard InChI is InChI=1S/C38H54N4O2S4/c1-7-13-23-41(24-14-8-2)31-19-15-29(16-20-31)33-35(43)34(36(33)44)30-17-21-32(22-18-30)42(25-27-47-37(45)39(9-3)10-4)26-28-48-38(46)40(11-5)12-6/h15-22H,7-14,23-28H2,1-6H3. The Kier molecular flexibility index (Phi) is 17.5. The van der Waals surface area contributed by atoms with Crippen molar-refractivity contribution in [2.75, 3.05) is 68.8 Å². The number of unbranched alkanes of at least 4 members (excludes halogenated alkanes) is 2. The van der Waals surface area contributed by atoms with Gasteiger partial charge in [0, 0.05) is 92.6 Å². The Morgan fingerprint density at radius 1 is 0.729 bits per heavy atom. The van der Waals surface area contributed by atoms with Crippen molar-refractivity contribution in [1.82, 2.24) is 9.80 Å². The molecular weight excluding hydrogens is 673 g/mol. The van der Waals surface area contributed by atoms with Gasteiger partial charge in [0.2, 0.25) is 0 Å². The minimum Gasteiger partial charge on any atom is -0.871 e. The molecule has 262 valence electrons. The van der Waals surface area contributed by atoms with Crippen molar-refractivity contribution in [2.45, 2.75) is 67.2 Å². The summed E-state index contributed by atoms with van der Waals surface area (Å²) in [7, 11) is 0. The molecule has 6 nitrogen and oxygen atoms in total. The fourth-order valence-electron chi connectivity index (χ4n) is 5.67. The molecule has 0 bridgehead atoms. The van der Waals surface area contributed by atoms with Gasteiger partial charge in [0.1, 0.15) is 21.7 Å². The molecule has 2 aliphatic rings. The minimum absolute atomic E-state index is 0.172. The van der Waals surface area contributed by atoms with E-state index >= 15 is 0 Å². The molecule has 2 aliphatic carbocycles. The summed E-state index contributed by atoms with van der Waals surface area (Å²) >= 11 is 14.8. The Balaban J connectivity index is 1.77. The van der Waals surface area contributed by atoms with E-state index in [0.29, 0.717) is 16.7 Å². The van der Waals surface area contributed by atoms with E-state index in [2.05, 4.69) is 73.0 Å². The van der Waals surface area contributed by atoms with E-state index in [-0.39, 0.29) is 17.1 Å². The van der Waals surface area contributed by atoms with Gasteiger partial charge in [-0.25, -0.2) is 4.58 Å². The van der Waals surface area contributed by atoms with Crippen molar-refractivity contribution in [3.05, 3.63) is 71.0 Å². The average molecular weight is 727 g/mol. The quantitative estimate of drug-likeness (QED) is 0.0879. The van der Waals surface area contributed by atoms with Crippen molar-refractivity contribution in [2.24, 2.45) is 0 Å². The molecule has 0 aromatic heterocycles. The number of hydrogen-bond donors (Lipinski definition) is 0. The molecule has 0 amide bonds. The van der Waals surface area contributed by atoms with Crippen LogP contribution in [-0.2, 0) is 4.79 Å². The number of carbonyl (C=O) groups excluding carboxylic acids is 1. The highest BCUT2D eigenvalue weighted by Gasteiger charge is 2.30. The topological polar surface area (TPSA) is 52.9 Å². The maximum atomic E-state index is 13.4. The van der Waals surface area contributed by atoms with Gasteiger partial charge in [0.15, 0.2) is 11.5 Å². The minimum atomic E-state index is -0.172. The van der Waals surface area contributed by atoms with Gasteiger partial charge in [-0.05, 0) is 63.1 Å². The molecule has 3 rings (SSSR count). The first-order valence-electron chi connectivity index (χ1n) is 17.6. The molecule has 0 N–H and O–H groups in total. The number of hydrogen-bond acceptors (Lipinski definition) is 7. The second kappa shape index (κ2) is 21.0. The second-order valence-corrected chi connectivity index (χ2v) is 15.2. The summed E-state index contributed by atoms with van der Waals surface area (Å²) in [4.78, 5) is 20.1. The summed E-state index contributed by atoms with van der Waals surface area (Å²) in [5.74, 6) is 1.38. The van der Waals surface area contributed by atoms with Crippen LogP contribution >= 0.6 is 48.0 Å². The molecule has 0 fully saturated rings. The van der Waals surface area contributed by atoms with Gasteiger partial charge in [0.05, 0.1) is 0 Å². The number of thioether (sulfide) groups is 2. The zero-order valence-electron chi connectivity index (χ0n) is 29.8. The van der Waals surface area contributed by atoms with Gasteiger partial charge in [-0.1, -0.05) is 92.5 Å². The van der Waals surface area contributed by atoms with Crippen LogP contribution in [0.15, 0.2) is 65.5 Å². The highest BCUT2D eigenvalue weighted by molar-refractivity contribution is 8.23. The van der Waals surface area contributed by atoms with Gasteiger partial charge < -0.3 is 19.8 Å². The lowest BCUT2D eigenvalue weighted by Crippen LogP contribution is -2.32. The fourth-order valence-corrected chi connectivity index (χ4v) is 8.54. The fraction of sp³-hybridized carbons (Fsp3) is 0.526. The van der Waals surface area contributed by atoms with E-state index in [9.17, 15) is 9.90 Å². The summed E-state index contributed by atoms with van der Waals surface area (Å²) in [5, 5.41) is 13.4. The largest absolute Gasteiger partial charge is 0.871 e. The maximum Gasteiger partial charge on any atom is 0.199 e. The van der Waals surface area contributed by atoms with E-state index in [1.54, 1.807) is 23.5 Å². The molecule has 48 heavy (non-hydrogen) atoms. The van der Waals surface area contributed by atoms with Gasteiger partial charge in [-0.2, -0.15) is 0 Å². The first-order chi connectivity index (χ1) is 23.2. The number of anilines is 1. The van der Waals surface area contributed by atoms with Gasteiger partial charge >= 0.3 is 0 Å². The van der Waals surface area contributed by atoms with E-state index in [0.717, 1.165) is 110 Å². The highest BCUT2D eigenvalue weighted by Crippen LogP contribution is 2.38.